The van der Waals surface area contributed by atoms with Gasteiger partial charge in [-0.2, -0.15) is 0 Å². The van der Waals surface area contributed by atoms with Crippen LogP contribution in [-0.4, -0.2) is 59.2 Å². The number of nitrogens with zero attached hydrogens (tertiary/aromatic N) is 3. The van der Waals surface area contributed by atoms with Gasteiger partial charge in [0.2, 0.25) is 0 Å². The van der Waals surface area contributed by atoms with Crippen molar-refractivity contribution in [3.05, 3.63) is 24.0 Å². The van der Waals surface area contributed by atoms with Gasteiger partial charge in [-0.3, -0.25) is 4.90 Å². The standard InChI is InChI=1S/C13H23N3O/c1-12(17)13-3-4-16(11-13)10-9-15-7-5-14(2)6-8-15/h3-4,11-12,17H,5-10H2,1-2H3. The normalized spacial score (nSPS) is 20.6. The smallest absolute Gasteiger partial charge is 0.0776 e. The van der Waals surface area contributed by atoms with Crippen LogP contribution < -0.4 is 0 Å². The Kier molecular flexibility index (Phi) is 4.20. The number of aromatic nitrogens is 1. The summed E-state index contributed by atoms with van der Waals surface area (Å²) in [6, 6.07) is 1.99. The molecule has 2 rings (SSSR count). The first kappa shape index (κ1) is 12.6. The molecule has 2 heterocycles. The number of likely N-dealkylation sites (N-methyl/N-ethyl adjacent to an activating group) is 1. The van der Waals surface area contributed by atoms with Gasteiger partial charge in [-0.05, 0) is 25.6 Å². The number of piperazine rings is 1. The third-order valence-electron chi connectivity index (χ3n) is 3.53. The van der Waals surface area contributed by atoms with Gasteiger partial charge in [0.15, 0.2) is 0 Å². The van der Waals surface area contributed by atoms with E-state index in [4.69, 9.17) is 0 Å². The van der Waals surface area contributed by atoms with Crippen molar-refractivity contribution in [2.24, 2.45) is 0 Å². The Bertz CT molecular complexity index is 340. The summed E-state index contributed by atoms with van der Waals surface area (Å²) in [6.45, 7) is 8.59. The summed E-state index contributed by atoms with van der Waals surface area (Å²) in [5, 5.41) is 9.45. The first-order valence-electron chi connectivity index (χ1n) is 6.40. The second kappa shape index (κ2) is 5.67. The molecule has 0 aromatic carbocycles. The lowest BCUT2D eigenvalue weighted by molar-refractivity contribution is 0.150. The van der Waals surface area contributed by atoms with E-state index in [1.165, 1.54) is 26.2 Å². The van der Waals surface area contributed by atoms with Gasteiger partial charge in [-0.1, -0.05) is 0 Å². The molecule has 1 N–H and O–H groups in total. The van der Waals surface area contributed by atoms with E-state index < -0.39 is 0 Å². The van der Waals surface area contributed by atoms with E-state index in [1.54, 1.807) is 6.92 Å². The first-order chi connectivity index (χ1) is 8.15. The molecule has 1 atom stereocenters. The number of hydrogen-bond acceptors (Lipinski definition) is 3. The predicted octanol–water partition coefficient (Wildman–Crippen LogP) is 0.789. The van der Waals surface area contributed by atoms with E-state index in [-0.39, 0.29) is 6.10 Å². The summed E-state index contributed by atoms with van der Waals surface area (Å²) in [6.07, 6.45) is 3.73. The Balaban J connectivity index is 1.77. The summed E-state index contributed by atoms with van der Waals surface area (Å²) in [7, 11) is 2.18. The molecule has 4 heteroatoms. The molecule has 1 fully saturated rings. The Labute approximate surface area is 103 Å². The minimum atomic E-state index is -0.361. The van der Waals surface area contributed by atoms with Crippen molar-refractivity contribution in [1.82, 2.24) is 14.4 Å². The predicted molar refractivity (Wildman–Crippen MR) is 69.0 cm³/mol. The third kappa shape index (κ3) is 3.56. The number of aliphatic hydroxyl groups excluding tert-OH is 1. The van der Waals surface area contributed by atoms with E-state index in [0.717, 1.165) is 18.7 Å². The maximum absolute atomic E-state index is 9.45. The van der Waals surface area contributed by atoms with E-state index >= 15 is 0 Å². The summed E-state index contributed by atoms with van der Waals surface area (Å²) in [4.78, 5) is 4.87. The van der Waals surface area contributed by atoms with E-state index in [9.17, 15) is 5.11 Å². The van der Waals surface area contributed by atoms with Gasteiger partial charge in [0.1, 0.15) is 0 Å². The molecule has 96 valence electrons. The number of rotatable bonds is 4. The average molecular weight is 237 g/mol. The van der Waals surface area contributed by atoms with Crippen molar-refractivity contribution in [2.45, 2.75) is 19.6 Å². The van der Waals surface area contributed by atoms with Crippen LogP contribution in [0.1, 0.15) is 18.6 Å². The van der Waals surface area contributed by atoms with Gasteiger partial charge in [0, 0.05) is 51.7 Å². The van der Waals surface area contributed by atoms with Gasteiger partial charge in [0.25, 0.3) is 0 Å². The van der Waals surface area contributed by atoms with E-state index in [0.29, 0.717) is 0 Å². The zero-order valence-electron chi connectivity index (χ0n) is 10.8. The molecule has 0 radical (unpaired) electrons. The molecule has 0 saturated carbocycles. The van der Waals surface area contributed by atoms with Crippen LogP contribution >= 0.6 is 0 Å². The lowest BCUT2D eigenvalue weighted by Crippen LogP contribution is -2.45. The van der Waals surface area contributed by atoms with Crippen LogP contribution in [0.3, 0.4) is 0 Å². The SMILES string of the molecule is CC(O)c1ccn(CCN2CCN(C)CC2)c1. The fourth-order valence-electron chi connectivity index (χ4n) is 2.17. The maximum Gasteiger partial charge on any atom is 0.0776 e. The van der Waals surface area contributed by atoms with Crippen LogP contribution in [0, 0.1) is 0 Å². The molecule has 0 aliphatic carbocycles. The van der Waals surface area contributed by atoms with Gasteiger partial charge in [-0.15, -0.1) is 0 Å². The highest BCUT2D eigenvalue weighted by atomic mass is 16.3. The van der Waals surface area contributed by atoms with E-state index in [1.807, 2.05) is 12.3 Å². The van der Waals surface area contributed by atoms with Crippen molar-refractivity contribution in [1.29, 1.82) is 0 Å². The highest BCUT2D eigenvalue weighted by Gasteiger charge is 2.13. The molecule has 1 aromatic heterocycles. The molecule has 1 unspecified atom stereocenters. The molecular formula is C13H23N3O. The van der Waals surface area contributed by atoms with Crippen molar-refractivity contribution >= 4 is 0 Å². The van der Waals surface area contributed by atoms with Gasteiger partial charge >= 0.3 is 0 Å². The zero-order chi connectivity index (χ0) is 12.3. The second-order valence-corrected chi connectivity index (χ2v) is 5.00. The zero-order valence-corrected chi connectivity index (χ0v) is 10.8. The molecule has 1 aliphatic heterocycles. The van der Waals surface area contributed by atoms with E-state index in [2.05, 4.69) is 27.6 Å². The summed E-state index contributed by atoms with van der Waals surface area (Å²) in [5.74, 6) is 0. The summed E-state index contributed by atoms with van der Waals surface area (Å²) >= 11 is 0. The largest absolute Gasteiger partial charge is 0.389 e. The number of hydrogen-bond donors (Lipinski definition) is 1. The Morgan fingerprint density at radius 3 is 2.53 bits per heavy atom. The summed E-state index contributed by atoms with van der Waals surface area (Å²) < 4.78 is 2.17. The monoisotopic (exact) mass is 237 g/mol. The molecule has 4 nitrogen and oxygen atoms in total. The van der Waals surface area contributed by atoms with Crippen LogP contribution in [0.25, 0.3) is 0 Å². The number of aliphatic hydroxyl groups is 1. The Morgan fingerprint density at radius 2 is 1.94 bits per heavy atom. The fraction of sp³-hybridized carbons (Fsp3) is 0.692. The van der Waals surface area contributed by atoms with Crippen LogP contribution in [0.15, 0.2) is 18.5 Å². The quantitative estimate of drug-likeness (QED) is 0.840. The molecule has 1 aliphatic rings. The molecular weight excluding hydrogens is 214 g/mol. The van der Waals surface area contributed by atoms with Crippen molar-refractivity contribution < 1.29 is 5.11 Å². The first-order valence-corrected chi connectivity index (χ1v) is 6.40. The maximum atomic E-state index is 9.45. The fourth-order valence-corrected chi connectivity index (χ4v) is 2.17. The molecule has 17 heavy (non-hydrogen) atoms. The Hall–Kier alpha value is -0.840. The molecule has 0 spiro atoms. The van der Waals surface area contributed by atoms with Crippen LogP contribution in [-0.2, 0) is 6.54 Å². The van der Waals surface area contributed by atoms with Crippen LogP contribution in [0.5, 0.6) is 0 Å². The highest BCUT2D eigenvalue weighted by molar-refractivity contribution is 5.12. The lowest BCUT2D eigenvalue weighted by atomic mass is 10.2. The minimum absolute atomic E-state index is 0.361. The van der Waals surface area contributed by atoms with Crippen molar-refractivity contribution in [3.8, 4) is 0 Å². The molecule has 0 amide bonds. The Morgan fingerprint density at radius 1 is 1.24 bits per heavy atom. The molecule has 1 aromatic rings. The topological polar surface area (TPSA) is 31.6 Å². The van der Waals surface area contributed by atoms with Crippen molar-refractivity contribution in [2.75, 3.05) is 39.8 Å². The average Bonchev–Trinajstić information content (AvgIpc) is 2.77. The van der Waals surface area contributed by atoms with Crippen LogP contribution in [0.2, 0.25) is 0 Å². The van der Waals surface area contributed by atoms with Crippen molar-refractivity contribution in [3.63, 3.8) is 0 Å². The van der Waals surface area contributed by atoms with Gasteiger partial charge in [0.05, 0.1) is 6.10 Å². The molecule has 1 saturated heterocycles. The third-order valence-corrected chi connectivity index (χ3v) is 3.53. The van der Waals surface area contributed by atoms with Crippen LogP contribution in [0.4, 0.5) is 0 Å². The van der Waals surface area contributed by atoms with Gasteiger partial charge < -0.3 is 14.6 Å². The lowest BCUT2D eigenvalue weighted by Gasteiger charge is -2.32. The highest BCUT2D eigenvalue weighted by Crippen LogP contribution is 2.11. The van der Waals surface area contributed by atoms with Gasteiger partial charge in [-0.25, -0.2) is 0 Å². The second-order valence-electron chi connectivity index (χ2n) is 5.00. The summed E-state index contributed by atoms with van der Waals surface area (Å²) in [5.41, 5.74) is 1.00. The minimum Gasteiger partial charge on any atom is -0.389 e. The molecule has 0 bridgehead atoms.